The van der Waals surface area contributed by atoms with Gasteiger partial charge in [0.1, 0.15) is 0 Å². The fourth-order valence-electron chi connectivity index (χ4n) is 0.103. The highest BCUT2D eigenvalue weighted by atomic mass is 19.3. The van der Waals surface area contributed by atoms with Crippen LogP contribution in [0, 0.1) is 0 Å². The Morgan fingerprint density at radius 2 is 2.12 bits per heavy atom. The molecule has 0 bridgehead atoms. The van der Waals surface area contributed by atoms with Gasteiger partial charge in [-0.25, -0.2) is 8.78 Å². The minimum atomic E-state index is -2.99. The fraction of sp³-hybridized carbons (Fsp3) is 1.00. The molecule has 1 N–H and O–H groups in total. The lowest BCUT2D eigenvalue weighted by molar-refractivity contribution is 0.000200. The van der Waals surface area contributed by atoms with Crippen LogP contribution in [-0.4, -0.2) is 17.8 Å². The molecule has 0 aliphatic carbocycles. The first-order valence-electron chi connectivity index (χ1n) is 1.69. The number of hydrogen-bond acceptors (Lipinski definition) is 2. The summed E-state index contributed by atoms with van der Waals surface area (Å²) >= 11 is 0. The van der Waals surface area contributed by atoms with Gasteiger partial charge in [0.25, 0.3) is 6.43 Å². The van der Waals surface area contributed by atoms with Crippen molar-refractivity contribution in [3.8, 4) is 0 Å². The van der Waals surface area contributed by atoms with E-state index in [2.05, 4.69) is 5.11 Å². The Hall–Kier alpha value is -0.870. The molecule has 0 heterocycles. The lowest BCUT2D eigenvalue weighted by Crippen LogP contribution is -2.12. The Morgan fingerprint density at radius 1 is 1.62 bits per heavy atom. The second kappa shape index (κ2) is 3.17. The number of azide groups is 1. The van der Waals surface area contributed by atoms with Crippen LogP contribution in [0.2, 0.25) is 0 Å². The topological polar surface area (TPSA) is 69.0 Å². The van der Waals surface area contributed by atoms with Gasteiger partial charge in [-0.3, -0.25) is 0 Å². The molecule has 46 valence electrons. The number of nitrogens with zero attached hydrogens (tertiary/aromatic N) is 3. The maximum atomic E-state index is 11.1. The minimum Gasteiger partial charge on any atom is -0.382 e. The molecule has 0 spiro atoms. The lowest BCUT2D eigenvalue weighted by atomic mass is 10.6. The van der Waals surface area contributed by atoms with Gasteiger partial charge in [0.15, 0.2) is 6.23 Å². The molecule has 1 atom stereocenters. The van der Waals surface area contributed by atoms with E-state index in [1.807, 2.05) is 4.91 Å². The van der Waals surface area contributed by atoms with E-state index in [-0.39, 0.29) is 0 Å². The van der Waals surface area contributed by atoms with Crippen molar-refractivity contribution in [3.05, 3.63) is 10.4 Å². The number of halogens is 2. The van der Waals surface area contributed by atoms with E-state index in [4.69, 9.17) is 10.6 Å². The molecule has 6 heteroatoms. The standard InChI is InChI=1S/C2H3F2N3O/c3-1(4)2(8)6-7-5/h1-2,8H. The van der Waals surface area contributed by atoms with Crippen molar-refractivity contribution in [3.63, 3.8) is 0 Å². The quantitative estimate of drug-likeness (QED) is 0.330. The number of aliphatic hydroxyl groups excluding tert-OH is 1. The molecule has 0 saturated heterocycles. The molecule has 0 radical (unpaired) electrons. The van der Waals surface area contributed by atoms with Crippen molar-refractivity contribution in [1.29, 1.82) is 0 Å². The maximum Gasteiger partial charge on any atom is 0.269 e. The van der Waals surface area contributed by atoms with Crippen LogP contribution in [0.5, 0.6) is 0 Å². The molecule has 0 amide bonds. The van der Waals surface area contributed by atoms with Crippen molar-refractivity contribution in [2.24, 2.45) is 5.11 Å². The molecule has 0 saturated carbocycles. The summed E-state index contributed by atoms with van der Waals surface area (Å²) in [5, 5.41) is 10.3. The molecule has 8 heavy (non-hydrogen) atoms. The SMILES string of the molecule is [N-]=[N+]=NC(O)C(F)F. The predicted molar refractivity (Wildman–Crippen MR) is 21.2 cm³/mol. The van der Waals surface area contributed by atoms with E-state index in [0.29, 0.717) is 0 Å². The minimum absolute atomic E-state index is 1.95. The third kappa shape index (κ3) is 2.33. The first kappa shape index (κ1) is 7.13. The van der Waals surface area contributed by atoms with Gasteiger partial charge in [0.05, 0.1) is 0 Å². The summed E-state index contributed by atoms with van der Waals surface area (Å²) in [7, 11) is 0. The first-order valence-corrected chi connectivity index (χ1v) is 1.69. The zero-order valence-electron chi connectivity index (χ0n) is 3.70. The van der Waals surface area contributed by atoms with Crippen molar-refractivity contribution in [2.45, 2.75) is 12.7 Å². The van der Waals surface area contributed by atoms with E-state index in [9.17, 15) is 8.78 Å². The average Bonchev–Trinajstić information content (AvgIpc) is 1.67. The van der Waals surface area contributed by atoms with E-state index in [0.717, 1.165) is 0 Å². The Morgan fingerprint density at radius 3 is 2.25 bits per heavy atom. The summed E-state index contributed by atoms with van der Waals surface area (Å²) in [4.78, 5) is 1.95. The van der Waals surface area contributed by atoms with Gasteiger partial charge in [-0.05, 0) is 5.53 Å². The summed E-state index contributed by atoms with van der Waals surface area (Å²) in [6.45, 7) is 0. The molecule has 0 aromatic carbocycles. The lowest BCUT2D eigenvalue weighted by Gasteiger charge is -1.97. The zero-order valence-corrected chi connectivity index (χ0v) is 3.70. The second-order valence-corrected chi connectivity index (χ2v) is 0.953. The summed E-state index contributed by atoms with van der Waals surface area (Å²) < 4.78 is 22.2. The molecule has 0 fully saturated rings. The van der Waals surface area contributed by atoms with Gasteiger partial charge in [0.2, 0.25) is 0 Å². The number of alkyl halides is 2. The normalized spacial score (nSPS) is 13.0. The van der Waals surface area contributed by atoms with Crippen LogP contribution in [0.1, 0.15) is 0 Å². The largest absolute Gasteiger partial charge is 0.382 e. The van der Waals surface area contributed by atoms with E-state index in [1.54, 1.807) is 0 Å². The van der Waals surface area contributed by atoms with Gasteiger partial charge < -0.3 is 5.11 Å². The second-order valence-electron chi connectivity index (χ2n) is 0.953. The summed E-state index contributed by atoms with van der Waals surface area (Å²) in [6, 6.07) is 0. The van der Waals surface area contributed by atoms with Crippen LogP contribution in [0.15, 0.2) is 5.11 Å². The number of hydrogen-bond donors (Lipinski definition) is 1. The van der Waals surface area contributed by atoms with Crippen molar-refractivity contribution in [1.82, 2.24) is 0 Å². The predicted octanol–water partition coefficient (Wildman–Crippen LogP) is 0.880. The van der Waals surface area contributed by atoms with Crippen LogP contribution < -0.4 is 0 Å². The Kier molecular flexibility index (Phi) is 2.83. The van der Waals surface area contributed by atoms with Gasteiger partial charge >= 0.3 is 0 Å². The third-order valence-corrected chi connectivity index (χ3v) is 0.395. The molecular weight excluding hydrogens is 120 g/mol. The van der Waals surface area contributed by atoms with Gasteiger partial charge in [-0.15, -0.1) is 0 Å². The highest BCUT2D eigenvalue weighted by Gasteiger charge is 2.12. The van der Waals surface area contributed by atoms with Gasteiger partial charge in [0, 0.05) is 4.91 Å². The molecule has 1 unspecified atom stereocenters. The molecule has 4 nitrogen and oxygen atoms in total. The van der Waals surface area contributed by atoms with Crippen molar-refractivity contribution < 1.29 is 13.9 Å². The van der Waals surface area contributed by atoms with Gasteiger partial charge in [-0.1, -0.05) is 5.11 Å². The van der Waals surface area contributed by atoms with Crippen LogP contribution in [0.4, 0.5) is 8.78 Å². The average molecular weight is 123 g/mol. The number of rotatable bonds is 2. The summed E-state index contributed by atoms with van der Waals surface area (Å²) in [6.07, 6.45) is -5.20. The molecule has 0 aliphatic rings. The van der Waals surface area contributed by atoms with E-state index < -0.39 is 12.7 Å². The molecular formula is C2H3F2N3O. The Balaban J connectivity index is 3.63. The van der Waals surface area contributed by atoms with Crippen LogP contribution in [-0.2, 0) is 0 Å². The van der Waals surface area contributed by atoms with Crippen LogP contribution in [0.25, 0.3) is 10.4 Å². The van der Waals surface area contributed by atoms with Crippen LogP contribution in [0.3, 0.4) is 0 Å². The van der Waals surface area contributed by atoms with Crippen molar-refractivity contribution in [2.75, 3.05) is 0 Å². The van der Waals surface area contributed by atoms with E-state index >= 15 is 0 Å². The fourth-order valence-corrected chi connectivity index (χ4v) is 0.103. The highest BCUT2D eigenvalue weighted by Crippen LogP contribution is 2.00. The van der Waals surface area contributed by atoms with Crippen molar-refractivity contribution >= 4 is 0 Å². The van der Waals surface area contributed by atoms with Gasteiger partial charge in [-0.2, -0.15) is 0 Å². The molecule has 0 aliphatic heterocycles. The van der Waals surface area contributed by atoms with Crippen LogP contribution >= 0.6 is 0 Å². The molecule has 0 aromatic rings. The highest BCUT2D eigenvalue weighted by molar-refractivity contribution is 4.53. The molecule has 0 aromatic heterocycles. The zero-order chi connectivity index (χ0) is 6.57. The smallest absolute Gasteiger partial charge is 0.269 e. The molecule has 0 rings (SSSR count). The van der Waals surface area contributed by atoms with E-state index in [1.165, 1.54) is 0 Å². The monoisotopic (exact) mass is 123 g/mol. The summed E-state index contributed by atoms with van der Waals surface area (Å²) in [5.41, 5.74) is 7.45. The summed E-state index contributed by atoms with van der Waals surface area (Å²) in [5.74, 6) is 0. The Bertz CT molecular complexity index is 110. The third-order valence-electron chi connectivity index (χ3n) is 0.395. The first-order chi connectivity index (χ1) is 3.68. The Labute approximate surface area is 43.4 Å². The number of aliphatic hydroxyl groups is 1. The maximum absolute atomic E-state index is 11.1.